The largest absolute Gasteiger partial charge is 0.417 e. The topological polar surface area (TPSA) is 101 Å². The second kappa shape index (κ2) is 8.10. The molecule has 2 aromatic rings. The molecule has 1 saturated heterocycles. The van der Waals surface area contributed by atoms with E-state index in [2.05, 4.69) is 15.3 Å². The molecule has 2 amide bonds. The SMILES string of the molecule is C[C@H]1CCCN1C(=O)c1nc(C(N)=O)sc1-c1cnc(NC(C)(C)C)cc1C(F)(F)F. The molecule has 1 aliphatic rings. The zero-order chi connectivity index (χ0) is 23.1. The Morgan fingerprint density at radius 3 is 2.48 bits per heavy atom. The number of nitrogens with zero attached hydrogens (tertiary/aromatic N) is 3. The average molecular weight is 456 g/mol. The van der Waals surface area contributed by atoms with Gasteiger partial charge in [-0.2, -0.15) is 13.2 Å². The lowest BCUT2D eigenvalue weighted by Crippen LogP contribution is -2.34. The first kappa shape index (κ1) is 23.0. The van der Waals surface area contributed by atoms with Crippen LogP contribution in [0.25, 0.3) is 10.4 Å². The number of rotatable bonds is 4. The summed E-state index contributed by atoms with van der Waals surface area (Å²) in [4.78, 5) is 34.4. The van der Waals surface area contributed by atoms with Crippen LogP contribution < -0.4 is 11.1 Å². The fourth-order valence-electron chi connectivity index (χ4n) is 3.45. The molecule has 0 saturated carbocycles. The molecule has 0 aliphatic carbocycles. The Morgan fingerprint density at radius 1 is 1.29 bits per heavy atom. The minimum Gasteiger partial charge on any atom is -0.365 e. The standard InChI is InChI=1S/C20H24F3N5O2S/c1-10-6-5-7-28(10)18(30)14-15(31-17(26-14)16(24)29)11-9-25-13(27-19(2,3)4)8-12(11)20(21,22)23/h8-10H,5-7H2,1-4H3,(H2,24,29)(H,25,27)/t10-/m0/s1. The molecule has 0 unspecified atom stereocenters. The van der Waals surface area contributed by atoms with Gasteiger partial charge in [-0.25, -0.2) is 9.97 Å². The number of alkyl halides is 3. The van der Waals surface area contributed by atoms with Crippen LogP contribution in [0.3, 0.4) is 0 Å². The second-order valence-electron chi connectivity index (χ2n) is 8.54. The molecule has 0 aromatic carbocycles. The van der Waals surface area contributed by atoms with E-state index in [4.69, 9.17) is 5.73 Å². The van der Waals surface area contributed by atoms with Crippen LogP contribution in [0.2, 0.25) is 0 Å². The monoisotopic (exact) mass is 455 g/mol. The second-order valence-corrected chi connectivity index (χ2v) is 9.54. The van der Waals surface area contributed by atoms with Gasteiger partial charge in [-0.15, -0.1) is 11.3 Å². The van der Waals surface area contributed by atoms with Gasteiger partial charge in [0.25, 0.3) is 11.8 Å². The van der Waals surface area contributed by atoms with E-state index in [1.807, 2.05) is 6.92 Å². The number of primary amides is 1. The summed E-state index contributed by atoms with van der Waals surface area (Å²) in [5.74, 6) is -1.38. The lowest BCUT2D eigenvalue weighted by atomic mass is 10.1. The number of aromatic nitrogens is 2. The minimum atomic E-state index is -4.72. The van der Waals surface area contributed by atoms with Gasteiger partial charge in [-0.3, -0.25) is 9.59 Å². The van der Waals surface area contributed by atoms with Crippen molar-refractivity contribution in [2.75, 3.05) is 11.9 Å². The van der Waals surface area contributed by atoms with Crippen molar-refractivity contribution in [3.8, 4) is 10.4 Å². The smallest absolute Gasteiger partial charge is 0.365 e. The van der Waals surface area contributed by atoms with Crippen LogP contribution in [0.5, 0.6) is 0 Å². The Morgan fingerprint density at radius 2 is 1.97 bits per heavy atom. The summed E-state index contributed by atoms with van der Waals surface area (Å²) >= 11 is 0.665. The maximum Gasteiger partial charge on any atom is 0.417 e. The van der Waals surface area contributed by atoms with Crippen LogP contribution in [0.4, 0.5) is 19.0 Å². The molecule has 0 radical (unpaired) electrons. The number of thiazole rings is 1. The predicted molar refractivity (Wildman–Crippen MR) is 112 cm³/mol. The number of hydrogen-bond donors (Lipinski definition) is 2. The van der Waals surface area contributed by atoms with Gasteiger partial charge < -0.3 is 16.0 Å². The Kier molecular flexibility index (Phi) is 6.01. The average Bonchev–Trinajstić information content (AvgIpc) is 3.25. The van der Waals surface area contributed by atoms with Gasteiger partial charge in [0.1, 0.15) is 11.5 Å². The van der Waals surface area contributed by atoms with E-state index in [-0.39, 0.29) is 33.0 Å². The molecule has 3 heterocycles. The van der Waals surface area contributed by atoms with Crippen molar-refractivity contribution in [1.82, 2.24) is 14.9 Å². The Hall–Kier alpha value is -2.69. The zero-order valence-corrected chi connectivity index (χ0v) is 18.4. The van der Waals surface area contributed by atoms with Gasteiger partial charge in [-0.05, 0) is 46.6 Å². The fraction of sp³-hybridized carbons (Fsp3) is 0.500. The lowest BCUT2D eigenvalue weighted by molar-refractivity contribution is -0.137. The summed E-state index contributed by atoms with van der Waals surface area (Å²) in [7, 11) is 0. The Bertz CT molecular complexity index is 1010. The molecule has 1 aliphatic heterocycles. The maximum absolute atomic E-state index is 13.9. The molecule has 31 heavy (non-hydrogen) atoms. The summed E-state index contributed by atoms with van der Waals surface area (Å²) < 4.78 is 41.8. The number of anilines is 1. The zero-order valence-electron chi connectivity index (χ0n) is 17.6. The number of nitrogens with two attached hydrogens (primary N) is 1. The van der Waals surface area contributed by atoms with Gasteiger partial charge in [-0.1, -0.05) is 0 Å². The van der Waals surface area contributed by atoms with Gasteiger partial charge in [0.05, 0.1) is 10.4 Å². The van der Waals surface area contributed by atoms with Crippen molar-refractivity contribution in [1.29, 1.82) is 0 Å². The molecule has 0 spiro atoms. The number of halogens is 3. The Balaban J connectivity index is 2.17. The first-order valence-corrected chi connectivity index (χ1v) is 10.6. The number of carbonyl (C=O) groups excluding carboxylic acids is 2. The molecule has 1 fully saturated rings. The van der Waals surface area contributed by atoms with Crippen LogP contribution >= 0.6 is 11.3 Å². The van der Waals surface area contributed by atoms with Gasteiger partial charge >= 0.3 is 6.18 Å². The molecule has 0 bridgehead atoms. The van der Waals surface area contributed by atoms with E-state index in [0.29, 0.717) is 17.9 Å². The normalized spacial score (nSPS) is 17.1. The summed E-state index contributed by atoms with van der Waals surface area (Å²) in [5, 5.41) is 2.68. The maximum atomic E-state index is 13.9. The quantitative estimate of drug-likeness (QED) is 0.721. The van der Waals surface area contributed by atoms with E-state index in [1.54, 1.807) is 25.7 Å². The number of hydrogen-bond acceptors (Lipinski definition) is 6. The highest BCUT2D eigenvalue weighted by molar-refractivity contribution is 7.17. The molecule has 3 rings (SSSR count). The van der Waals surface area contributed by atoms with Crippen LogP contribution in [0.1, 0.15) is 66.4 Å². The van der Waals surface area contributed by atoms with Crippen molar-refractivity contribution in [3.63, 3.8) is 0 Å². The van der Waals surface area contributed by atoms with Gasteiger partial charge in [0.2, 0.25) is 0 Å². The van der Waals surface area contributed by atoms with Crippen LogP contribution in [0, 0.1) is 0 Å². The molecule has 168 valence electrons. The van der Waals surface area contributed by atoms with Crippen LogP contribution in [0.15, 0.2) is 12.3 Å². The first-order chi connectivity index (χ1) is 14.3. The Labute approximate surface area is 181 Å². The molecule has 1 atom stereocenters. The summed E-state index contributed by atoms with van der Waals surface area (Å²) in [6.07, 6.45) is -2.09. The van der Waals surface area contributed by atoms with Crippen LogP contribution in [-0.2, 0) is 6.18 Å². The lowest BCUT2D eigenvalue weighted by Gasteiger charge is -2.23. The first-order valence-electron chi connectivity index (χ1n) is 9.75. The van der Waals surface area contributed by atoms with Gasteiger partial charge in [0.15, 0.2) is 5.01 Å². The highest BCUT2D eigenvalue weighted by atomic mass is 32.1. The van der Waals surface area contributed by atoms with Crippen molar-refractivity contribution < 1.29 is 22.8 Å². The molecule has 2 aromatic heterocycles. The number of pyridine rings is 1. The van der Waals surface area contributed by atoms with Crippen molar-refractivity contribution >= 4 is 29.0 Å². The van der Waals surface area contributed by atoms with E-state index in [9.17, 15) is 22.8 Å². The third-order valence-electron chi connectivity index (χ3n) is 4.81. The molecular formula is C20H24F3N5O2S. The molecular weight excluding hydrogens is 431 g/mol. The van der Waals surface area contributed by atoms with Crippen LogP contribution in [-0.4, -0.2) is 44.8 Å². The van der Waals surface area contributed by atoms with Crippen molar-refractivity contribution in [3.05, 3.63) is 28.5 Å². The van der Waals surface area contributed by atoms with E-state index in [1.165, 1.54) is 0 Å². The third-order valence-corrected chi connectivity index (χ3v) is 5.91. The van der Waals surface area contributed by atoms with Crippen molar-refractivity contribution in [2.24, 2.45) is 5.73 Å². The third kappa shape index (κ3) is 4.97. The summed E-state index contributed by atoms with van der Waals surface area (Å²) in [6, 6.07) is 0.828. The molecule has 3 N–H and O–H groups in total. The minimum absolute atomic E-state index is 0.0456. The van der Waals surface area contributed by atoms with E-state index < -0.39 is 29.1 Å². The number of amides is 2. The molecule has 7 nitrogen and oxygen atoms in total. The highest BCUT2D eigenvalue weighted by Crippen LogP contribution is 2.42. The summed E-state index contributed by atoms with van der Waals surface area (Å²) in [5.41, 5.74) is 3.30. The fourth-order valence-corrected chi connectivity index (χ4v) is 4.38. The number of carbonyl (C=O) groups is 2. The highest BCUT2D eigenvalue weighted by Gasteiger charge is 2.38. The molecule has 11 heteroatoms. The number of nitrogens with one attached hydrogen (secondary N) is 1. The van der Waals surface area contributed by atoms with Gasteiger partial charge in [0, 0.05) is 29.9 Å². The van der Waals surface area contributed by atoms with E-state index >= 15 is 0 Å². The van der Waals surface area contributed by atoms with Crippen molar-refractivity contribution in [2.45, 2.75) is 58.3 Å². The summed E-state index contributed by atoms with van der Waals surface area (Å²) in [6.45, 7) is 7.73. The van der Waals surface area contributed by atoms with E-state index in [0.717, 1.165) is 25.1 Å². The number of likely N-dealkylation sites (tertiary alicyclic amines) is 1. The predicted octanol–water partition coefficient (Wildman–Crippen LogP) is 4.16.